The maximum Gasteiger partial charge on any atom is 0.239 e. The molecular weight excluding hydrogens is 348 g/mol. The quantitative estimate of drug-likeness (QED) is 0.769. The van der Waals surface area contributed by atoms with Gasteiger partial charge in [-0.25, -0.2) is 0 Å². The topological polar surface area (TPSA) is 32.8 Å². The lowest BCUT2D eigenvalue weighted by Crippen LogP contribution is -2.43. The molecule has 1 heterocycles. The van der Waals surface area contributed by atoms with Crippen molar-refractivity contribution in [1.82, 2.24) is 9.80 Å². The van der Waals surface area contributed by atoms with Crippen LogP contribution in [0.25, 0.3) is 0 Å². The molecule has 1 saturated heterocycles. The van der Waals surface area contributed by atoms with Gasteiger partial charge in [0.15, 0.2) is 0 Å². The Labute approximate surface area is 160 Å². The standard InChI is InChI=1S/C21H25ClN2O2/c1-23(15-17-13-18(22)10-11-20(17)26-2)21(25)19-9-6-12-24(19)14-16-7-4-3-5-8-16/h3-5,7-8,10-11,13,19H,6,9,12,14-15H2,1-2H3. The molecule has 1 fully saturated rings. The van der Waals surface area contributed by atoms with Crippen molar-refractivity contribution in [3.05, 3.63) is 64.7 Å². The average Bonchev–Trinajstić information content (AvgIpc) is 3.10. The van der Waals surface area contributed by atoms with Crippen LogP contribution in [-0.4, -0.2) is 42.5 Å². The third-order valence-corrected chi connectivity index (χ3v) is 5.14. The zero-order valence-corrected chi connectivity index (χ0v) is 16.1. The molecule has 0 spiro atoms. The Morgan fingerprint density at radius 3 is 2.77 bits per heavy atom. The van der Waals surface area contributed by atoms with E-state index in [0.717, 1.165) is 37.2 Å². The molecule has 1 amide bonds. The summed E-state index contributed by atoms with van der Waals surface area (Å²) in [6.07, 6.45) is 1.96. The number of carbonyl (C=O) groups excluding carboxylic acids is 1. The van der Waals surface area contributed by atoms with Crippen LogP contribution in [-0.2, 0) is 17.9 Å². The van der Waals surface area contributed by atoms with Gasteiger partial charge in [-0.1, -0.05) is 41.9 Å². The summed E-state index contributed by atoms with van der Waals surface area (Å²) in [6, 6.07) is 15.8. The highest BCUT2D eigenvalue weighted by molar-refractivity contribution is 6.30. The van der Waals surface area contributed by atoms with Crippen molar-refractivity contribution in [1.29, 1.82) is 0 Å². The number of nitrogens with zero attached hydrogens (tertiary/aromatic N) is 2. The molecule has 1 atom stereocenters. The molecule has 0 bridgehead atoms. The highest BCUT2D eigenvalue weighted by Crippen LogP contribution is 2.26. The molecule has 1 aliphatic rings. The van der Waals surface area contributed by atoms with Gasteiger partial charge in [0.2, 0.25) is 5.91 Å². The Morgan fingerprint density at radius 2 is 2.04 bits per heavy atom. The molecule has 0 aliphatic carbocycles. The smallest absolute Gasteiger partial charge is 0.239 e. The van der Waals surface area contributed by atoms with Gasteiger partial charge in [0, 0.05) is 30.7 Å². The van der Waals surface area contributed by atoms with Gasteiger partial charge in [-0.05, 0) is 43.1 Å². The van der Waals surface area contributed by atoms with Crippen LogP contribution in [0.15, 0.2) is 48.5 Å². The van der Waals surface area contributed by atoms with Gasteiger partial charge in [-0.3, -0.25) is 9.69 Å². The van der Waals surface area contributed by atoms with Crippen LogP contribution in [0.5, 0.6) is 5.75 Å². The number of ether oxygens (including phenoxy) is 1. The minimum absolute atomic E-state index is 0.0645. The second-order valence-electron chi connectivity index (χ2n) is 6.76. The molecule has 1 unspecified atom stereocenters. The molecule has 5 heteroatoms. The molecule has 3 rings (SSSR count). The second kappa shape index (κ2) is 8.56. The Morgan fingerprint density at radius 1 is 1.27 bits per heavy atom. The summed E-state index contributed by atoms with van der Waals surface area (Å²) in [5.74, 6) is 0.905. The van der Waals surface area contributed by atoms with E-state index >= 15 is 0 Å². The molecule has 1 aliphatic heterocycles. The van der Waals surface area contributed by atoms with Crippen LogP contribution in [0.2, 0.25) is 5.02 Å². The summed E-state index contributed by atoms with van der Waals surface area (Å²) in [5, 5.41) is 0.646. The summed E-state index contributed by atoms with van der Waals surface area (Å²) in [7, 11) is 3.48. The maximum atomic E-state index is 13.0. The van der Waals surface area contributed by atoms with Gasteiger partial charge >= 0.3 is 0 Å². The van der Waals surface area contributed by atoms with E-state index in [1.165, 1.54) is 5.56 Å². The van der Waals surface area contributed by atoms with E-state index in [1.807, 2.05) is 37.4 Å². The Kier molecular flexibility index (Phi) is 6.17. The molecule has 138 valence electrons. The van der Waals surface area contributed by atoms with Crippen molar-refractivity contribution in [2.75, 3.05) is 20.7 Å². The van der Waals surface area contributed by atoms with Crippen molar-refractivity contribution >= 4 is 17.5 Å². The van der Waals surface area contributed by atoms with Gasteiger partial charge in [0.1, 0.15) is 5.75 Å². The number of carbonyl (C=O) groups is 1. The number of halogens is 1. The summed E-state index contributed by atoms with van der Waals surface area (Å²) in [5.41, 5.74) is 2.16. The summed E-state index contributed by atoms with van der Waals surface area (Å²) in [6.45, 7) is 2.25. The third kappa shape index (κ3) is 4.37. The number of benzene rings is 2. The van der Waals surface area contributed by atoms with Crippen molar-refractivity contribution in [2.24, 2.45) is 0 Å². The van der Waals surface area contributed by atoms with E-state index in [4.69, 9.17) is 16.3 Å². The predicted molar refractivity (Wildman–Crippen MR) is 104 cm³/mol. The molecule has 26 heavy (non-hydrogen) atoms. The van der Waals surface area contributed by atoms with Crippen LogP contribution < -0.4 is 4.74 Å². The number of amides is 1. The minimum Gasteiger partial charge on any atom is -0.496 e. The zero-order valence-electron chi connectivity index (χ0n) is 15.3. The first-order chi connectivity index (χ1) is 12.6. The number of rotatable bonds is 6. The van der Waals surface area contributed by atoms with E-state index in [1.54, 1.807) is 18.1 Å². The summed E-state index contributed by atoms with van der Waals surface area (Å²) in [4.78, 5) is 17.1. The Hall–Kier alpha value is -2.04. The number of methoxy groups -OCH3 is 1. The number of hydrogen-bond acceptors (Lipinski definition) is 3. The van der Waals surface area contributed by atoms with Crippen molar-refractivity contribution in [2.45, 2.75) is 32.0 Å². The number of likely N-dealkylation sites (tertiary alicyclic amines) is 1. The summed E-state index contributed by atoms with van der Waals surface area (Å²) < 4.78 is 5.40. The molecular formula is C21H25ClN2O2. The summed E-state index contributed by atoms with van der Waals surface area (Å²) >= 11 is 6.11. The van der Waals surface area contributed by atoms with Crippen LogP contribution in [0.3, 0.4) is 0 Å². The monoisotopic (exact) mass is 372 g/mol. The lowest BCUT2D eigenvalue weighted by atomic mass is 10.1. The maximum absolute atomic E-state index is 13.0. The molecule has 0 aromatic heterocycles. The first kappa shape index (κ1) is 18.7. The Balaban J connectivity index is 1.68. The predicted octanol–water partition coefficient (Wildman–Crippen LogP) is 3.97. The third-order valence-electron chi connectivity index (χ3n) is 4.90. The van der Waals surface area contributed by atoms with E-state index < -0.39 is 0 Å². The first-order valence-corrected chi connectivity index (χ1v) is 9.31. The molecule has 0 saturated carbocycles. The number of hydrogen-bond donors (Lipinski definition) is 0. The Bertz CT molecular complexity index is 751. The zero-order chi connectivity index (χ0) is 18.5. The van der Waals surface area contributed by atoms with Gasteiger partial charge < -0.3 is 9.64 Å². The first-order valence-electron chi connectivity index (χ1n) is 8.94. The normalized spacial score (nSPS) is 17.3. The molecule has 2 aromatic rings. The van der Waals surface area contributed by atoms with E-state index in [0.29, 0.717) is 11.6 Å². The minimum atomic E-state index is -0.0645. The van der Waals surface area contributed by atoms with Crippen LogP contribution in [0.1, 0.15) is 24.0 Å². The molecule has 4 nitrogen and oxygen atoms in total. The fraction of sp³-hybridized carbons (Fsp3) is 0.381. The fourth-order valence-corrected chi connectivity index (χ4v) is 3.77. The van der Waals surface area contributed by atoms with Crippen molar-refractivity contribution in [3.8, 4) is 5.75 Å². The van der Waals surface area contributed by atoms with E-state index in [-0.39, 0.29) is 11.9 Å². The molecule has 0 N–H and O–H groups in total. The van der Waals surface area contributed by atoms with E-state index in [2.05, 4.69) is 17.0 Å². The van der Waals surface area contributed by atoms with Gasteiger partial charge in [0.25, 0.3) is 0 Å². The van der Waals surface area contributed by atoms with Crippen LogP contribution in [0.4, 0.5) is 0 Å². The van der Waals surface area contributed by atoms with Crippen LogP contribution in [0, 0.1) is 0 Å². The lowest BCUT2D eigenvalue weighted by Gasteiger charge is -2.28. The highest BCUT2D eigenvalue weighted by Gasteiger charge is 2.32. The van der Waals surface area contributed by atoms with Crippen molar-refractivity contribution < 1.29 is 9.53 Å². The van der Waals surface area contributed by atoms with Gasteiger partial charge in [-0.15, -0.1) is 0 Å². The van der Waals surface area contributed by atoms with Crippen molar-refractivity contribution in [3.63, 3.8) is 0 Å². The highest BCUT2D eigenvalue weighted by atomic mass is 35.5. The number of likely N-dealkylation sites (N-methyl/N-ethyl adjacent to an activating group) is 1. The molecule has 0 radical (unpaired) electrons. The van der Waals surface area contributed by atoms with E-state index in [9.17, 15) is 4.79 Å². The van der Waals surface area contributed by atoms with Gasteiger partial charge in [-0.2, -0.15) is 0 Å². The largest absolute Gasteiger partial charge is 0.496 e. The second-order valence-corrected chi connectivity index (χ2v) is 7.20. The van der Waals surface area contributed by atoms with Gasteiger partial charge in [0.05, 0.1) is 13.2 Å². The fourth-order valence-electron chi connectivity index (χ4n) is 3.57. The molecule has 2 aromatic carbocycles. The lowest BCUT2D eigenvalue weighted by molar-refractivity contribution is -0.135. The van der Waals surface area contributed by atoms with Crippen LogP contribution >= 0.6 is 11.6 Å². The average molecular weight is 373 g/mol. The SMILES string of the molecule is COc1ccc(Cl)cc1CN(C)C(=O)C1CCCN1Cc1ccccc1.